The number of para-hydroxylation sites is 1. The average Bonchev–Trinajstić information content (AvgIpc) is 2.84. The van der Waals surface area contributed by atoms with E-state index in [4.69, 9.17) is 9.84 Å². The molecule has 0 radical (unpaired) electrons. The third-order valence-electron chi connectivity index (χ3n) is 5.31. The van der Waals surface area contributed by atoms with Crippen LogP contribution in [0.2, 0.25) is 0 Å². The van der Waals surface area contributed by atoms with Gasteiger partial charge in [-0.05, 0) is 42.3 Å². The number of aromatic nitrogens is 2. The number of anilines is 4. The van der Waals surface area contributed by atoms with Gasteiger partial charge in [0, 0.05) is 42.8 Å². The van der Waals surface area contributed by atoms with Crippen LogP contribution in [0.3, 0.4) is 0 Å². The number of fused-ring (bicyclic) bond motifs is 1. The van der Waals surface area contributed by atoms with Gasteiger partial charge in [-0.15, -0.1) is 0 Å². The number of hydrogen-bond donors (Lipinski definition) is 3. The maximum Gasteiger partial charge on any atom is 0.423 e. The largest absolute Gasteiger partial charge is 0.476 e. The summed E-state index contributed by atoms with van der Waals surface area (Å²) in [5.41, 5.74) is 1.79. The molecular formula is C24H24F3N5O3. The van der Waals surface area contributed by atoms with E-state index in [0.29, 0.717) is 42.6 Å². The van der Waals surface area contributed by atoms with Crippen LogP contribution in [0.5, 0.6) is 5.88 Å². The van der Waals surface area contributed by atoms with Gasteiger partial charge in [0.2, 0.25) is 17.7 Å². The number of carbonyl (C=O) groups is 1. The lowest BCUT2D eigenvalue weighted by molar-refractivity contribution is -0.139. The number of nitrogens with zero attached hydrogens (tertiary/aromatic N) is 3. The number of halogens is 3. The van der Waals surface area contributed by atoms with E-state index in [2.05, 4.69) is 20.6 Å². The number of aryl methyl sites for hydroxylation is 1. The van der Waals surface area contributed by atoms with Gasteiger partial charge >= 0.3 is 6.18 Å². The molecule has 184 valence electrons. The van der Waals surface area contributed by atoms with Crippen LogP contribution < -0.4 is 20.3 Å². The van der Waals surface area contributed by atoms with Gasteiger partial charge in [0.25, 0.3) is 0 Å². The predicted octanol–water partition coefficient (Wildman–Crippen LogP) is 3.81. The number of hydrogen-bond acceptors (Lipinski definition) is 7. The van der Waals surface area contributed by atoms with Gasteiger partial charge < -0.3 is 20.5 Å². The average molecular weight is 487 g/mol. The van der Waals surface area contributed by atoms with Gasteiger partial charge in [-0.25, -0.2) is 4.98 Å². The quantitative estimate of drug-likeness (QED) is 0.395. The van der Waals surface area contributed by atoms with Gasteiger partial charge in [-0.2, -0.15) is 18.2 Å². The standard InChI is InChI=1S/C24H24F3N5O3/c25-24(26,27)19-15-29-23(31-22(19)35-13-11-28-10-12-33)32(17-4-2-1-3-5-17)18-7-8-20-16(14-18)6-9-21(34)30-20/h1-5,7-8,14-15,28,33H,6,9-13H2,(H,30,34). The Hall–Kier alpha value is -3.70. The second kappa shape index (κ2) is 10.7. The first-order chi connectivity index (χ1) is 16.9. The van der Waals surface area contributed by atoms with Crippen molar-refractivity contribution in [3.8, 4) is 5.88 Å². The van der Waals surface area contributed by atoms with Crippen LogP contribution in [-0.2, 0) is 17.4 Å². The number of amides is 1. The molecule has 1 amide bonds. The molecule has 0 atom stereocenters. The van der Waals surface area contributed by atoms with E-state index in [-0.39, 0.29) is 31.6 Å². The molecule has 0 bridgehead atoms. The van der Waals surface area contributed by atoms with Gasteiger partial charge in [-0.1, -0.05) is 18.2 Å². The molecule has 0 unspecified atom stereocenters. The first-order valence-corrected chi connectivity index (χ1v) is 11.0. The first kappa shape index (κ1) is 24.4. The van der Waals surface area contributed by atoms with E-state index in [1.807, 2.05) is 12.1 Å². The van der Waals surface area contributed by atoms with Crippen molar-refractivity contribution in [2.24, 2.45) is 0 Å². The second-order valence-corrected chi connectivity index (χ2v) is 7.77. The first-order valence-electron chi connectivity index (χ1n) is 11.0. The highest BCUT2D eigenvalue weighted by Gasteiger charge is 2.37. The molecule has 35 heavy (non-hydrogen) atoms. The summed E-state index contributed by atoms with van der Waals surface area (Å²) in [5, 5.41) is 14.5. The predicted molar refractivity (Wildman–Crippen MR) is 124 cm³/mol. The number of aliphatic hydroxyl groups excluding tert-OH is 1. The molecule has 8 nitrogen and oxygen atoms in total. The molecule has 3 aromatic rings. The lowest BCUT2D eigenvalue weighted by atomic mass is 10.0. The maximum atomic E-state index is 13.6. The van der Waals surface area contributed by atoms with Crippen molar-refractivity contribution in [1.29, 1.82) is 0 Å². The molecule has 2 aromatic carbocycles. The summed E-state index contributed by atoms with van der Waals surface area (Å²) in [5.74, 6) is -0.645. The lowest BCUT2D eigenvalue weighted by Gasteiger charge is -2.26. The summed E-state index contributed by atoms with van der Waals surface area (Å²) in [6, 6.07) is 14.4. The van der Waals surface area contributed by atoms with Gasteiger partial charge in [-0.3, -0.25) is 9.69 Å². The highest BCUT2D eigenvalue weighted by molar-refractivity contribution is 5.94. The molecule has 0 spiro atoms. The summed E-state index contributed by atoms with van der Waals surface area (Å²) in [7, 11) is 0. The molecular weight excluding hydrogens is 463 g/mol. The van der Waals surface area contributed by atoms with Crippen LogP contribution in [-0.4, -0.2) is 47.3 Å². The van der Waals surface area contributed by atoms with E-state index in [1.54, 1.807) is 41.3 Å². The van der Waals surface area contributed by atoms with Crippen molar-refractivity contribution in [2.45, 2.75) is 19.0 Å². The number of nitrogens with one attached hydrogen (secondary N) is 2. The van der Waals surface area contributed by atoms with Crippen molar-refractivity contribution < 1.29 is 27.8 Å². The van der Waals surface area contributed by atoms with Crippen LogP contribution in [0.1, 0.15) is 17.5 Å². The van der Waals surface area contributed by atoms with Gasteiger partial charge in [0.15, 0.2) is 0 Å². The number of aliphatic hydroxyl groups is 1. The Morgan fingerprint density at radius 2 is 1.89 bits per heavy atom. The number of alkyl halides is 3. The molecule has 0 saturated heterocycles. The lowest BCUT2D eigenvalue weighted by Crippen LogP contribution is -2.25. The Bertz CT molecular complexity index is 1170. The van der Waals surface area contributed by atoms with E-state index in [0.717, 1.165) is 5.56 Å². The zero-order valence-corrected chi connectivity index (χ0v) is 18.7. The zero-order chi connectivity index (χ0) is 24.8. The minimum atomic E-state index is -4.70. The Balaban J connectivity index is 1.73. The monoisotopic (exact) mass is 487 g/mol. The van der Waals surface area contributed by atoms with Crippen molar-refractivity contribution in [3.63, 3.8) is 0 Å². The number of ether oxygens (including phenoxy) is 1. The Morgan fingerprint density at radius 1 is 1.09 bits per heavy atom. The normalized spacial score (nSPS) is 13.2. The minimum Gasteiger partial charge on any atom is -0.476 e. The van der Waals surface area contributed by atoms with Crippen molar-refractivity contribution in [3.05, 3.63) is 65.9 Å². The Morgan fingerprint density at radius 3 is 2.63 bits per heavy atom. The summed E-state index contributed by atoms with van der Waals surface area (Å²) in [6.45, 7) is 0.354. The molecule has 4 rings (SSSR count). The molecule has 0 aliphatic carbocycles. The van der Waals surface area contributed by atoms with E-state index in [1.165, 1.54) is 0 Å². The summed E-state index contributed by atoms with van der Waals surface area (Å²) in [4.78, 5) is 21.5. The van der Waals surface area contributed by atoms with Crippen LogP contribution in [0.15, 0.2) is 54.7 Å². The molecule has 3 N–H and O–H groups in total. The van der Waals surface area contributed by atoms with Crippen LogP contribution >= 0.6 is 0 Å². The molecule has 1 aliphatic rings. The molecule has 0 fully saturated rings. The van der Waals surface area contributed by atoms with Gasteiger partial charge in [0.05, 0.1) is 6.61 Å². The Kier molecular flexibility index (Phi) is 7.47. The molecule has 0 saturated carbocycles. The van der Waals surface area contributed by atoms with Crippen molar-refractivity contribution in [2.75, 3.05) is 36.5 Å². The van der Waals surface area contributed by atoms with Crippen molar-refractivity contribution >= 4 is 28.9 Å². The highest BCUT2D eigenvalue weighted by atomic mass is 19.4. The van der Waals surface area contributed by atoms with Crippen molar-refractivity contribution in [1.82, 2.24) is 15.3 Å². The number of benzene rings is 2. The Labute approximate surface area is 199 Å². The van der Waals surface area contributed by atoms with Crippen LogP contribution in [0, 0.1) is 0 Å². The third kappa shape index (κ3) is 5.87. The smallest absolute Gasteiger partial charge is 0.423 e. The van der Waals surface area contributed by atoms with Crippen LogP contribution in [0.4, 0.5) is 36.2 Å². The summed E-state index contributed by atoms with van der Waals surface area (Å²) < 4.78 is 46.2. The number of rotatable bonds is 9. The molecule has 11 heteroatoms. The summed E-state index contributed by atoms with van der Waals surface area (Å²) >= 11 is 0. The molecule has 1 aliphatic heterocycles. The zero-order valence-electron chi connectivity index (χ0n) is 18.7. The SMILES string of the molecule is O=C1CCc2cc(N(c3ccccc3)c3ncc(C(F)(F)F)c(OCCNCCO)n3)ccc2N1. The fourth-order valence-electron chi connectivity index (χ4n) is 3.66. The topological polar surface area (TPSA) is 99.6 Å². The van der Waals surface area contributed by atoms with E-state index in [9.17, 15) is 18.0 Å². The van der Waals surface area contributed by atoms with Gasteiger partial charge in [0.1, 0.15) is 12.2 Å². The fraction of sp³-hybridized carbons (Fsp3) is 0.292. The molecule has 2 heterocycles. The van der Waals surface area contributed by atoms with E-state index >= 15 is 0 Å². The van der Waals surface area contributed by atoms with E-state index < -0.39 is 17.6 Å². The maximum absolute atomic E-state index is 13.6. The van der Waals surface area contributed by atoms with Crippen LogP contribution in [0.25, 0.3) is 0 Å². The number of carbonyl (C=O) groups excluding carboxylic acids is 1. The second-order valence-electron chi connectivity index (χ2n) is 7.77. The third-order valence-corrected chi connectivity index (χ3v) is 5.31. The summed E-state index contributed by atoms with van der Waals surface area (Å²) in [6.07, 6.45) is -3.09. The fourth-order valence-corrected chi connectivity index (χ4v) is 3.66. The highest BCUT2D eigenvalue weighted by Crippen LogP contribution is 2.39. The minimum absolute atomic E-state index is 0.00214. The molecule has 1 aromatic heterocycles.